The summed E-state index contributed by atoms with van der Waals surface area (Å²) < 4.78 is 3.31. The van der Waals surface area contributed by atoms with Gasteiger partial charge in [0.1, 0.15) is 0 Å². The molecule has 4 nitrogen and oxygen atoms in total. The number of fused-ring (bicyclic) bond motifs is 1. The van der Waals surface area contributed by atoms with Gasteiger partial charge in [-0.25, -0.2) is 4.79 Å². The van der Waals surface area contributed by atoms with Gasteiger partial charge in [-0.3, -0.25) is 9.13 Å². The van der Waals surface area contributed by atoms with Crippen molar-refractivity contribution in [2.24, 2.45) is 14.1 Å². The van der Waals surface area contributed by atoms with Gasteiger partial charge >= 0.3 is 5.69 Å². The Labute approximate surface area is 110 Å². The molecule has 3 rings (SSSR count). The van der Waals surface area contributed by atoms with Crippen molar-refractivity contribution >= 4 is 16.7 Å². The number of rotatable bonds is 1. The summed E-state index contributed by atoms with van der Waals surface area (Å²) in [5.74, 6) is 0. The lowest BCUT2D eigenvalue weighted by Crippen LogP contribution is -2.19. The summed E-state index contributed by atoms with van der Waals surface area (Å²) in [6, 6.07) is 13.7. The van der Waals surface area contributed by atoms with Crippen LogP contribution in [0.5, 0.6) is 0 Å². The molecule has 19 heavy (non-hydrogen) atoms. The molecule has 0 unspecified atom stereocenters. The maximum absolute atomic E-state index is 11.9. The third-order valence-corrected chi connectivity index (χ3v) is 3.49. The molecule has 0 aliphatic carbocycles. The molecule has 0 aliphatic rings. The fourth-order valence-corrected chi connectivity index (χ4v) is 2.40. The Kier molecular flexibility index (Phi) is 2.45. The van der Waals surface area contributed by atoms with Gasteiger partial charge in [0, 0.05) is 19.8 Å². The van der Waals surface area contributed by atoms with Crippen LogP contribution in [-0.4, -0.2) is 9.13 Å². The van der Waals surface area contributed by atoms with Gasteiger partial charge in [0.15, 0.2) is 0 Å². The van der Waals surface area contributed by atoms with Crippen LogP contribution in [-0.2, 0) is 14.1 Å². The van der Waals surface area contributed by atoms with Crippen molar-refractivity contribution < 1.29 is 0 Å². The van der Waals surface area contributed by atoms with Crippen LogP contribution in [0.1, 0.15) is 0 Å². The molecule has 2 aromatic carbocycles. The van der Waals surface area contributed by atoms with Crippen molar-refractivity contribution in [3.05, 3.63) is 52.9 Å². The van der Waals surface area contributed by atoms with E-state index in [9.17, 15) is 4.79 Å². The highest BCUT2D eigenvalue weighted by Gasteiger charge is 2.08. The van der Waals surface area contributed by atoms with E-state index in [1.165, 1.54) is 0 Å². The van der Waals surface area contributed by atoms with E-state index in [-0.39, 0.29) is 5.69 Å². The molecule has 0 bridgehead atoms. The lowest BCUT2D eigenvalue weighted by atomic mass is 10.0. The van der Waals surface area contributed by atoms with E-state index in [1.54, 1.807) is 23.2 Å². The summed E-state index contributed by atoms with van der Waals surface area (Å²) in [6.45, 7) is 0. The van der Waals surface area contributed by atoms with Gasteiger partial charge in [0.2, 0.25) is 0 Å². The third kappa shape index (κ3) is 1.73. The van der Waals surface area contributed by atoms with E-state index in [0.29, 0.717) is 0 Å². The van der Waals surface area contributed by atoms with E-state index in [4.69, 9.17) is 5.73 Å². The molecule has 0 saturated heterocycles. The molecular weight excluding hydrogens is 238 g/mol. The van der Waals surface area contributed by atoms with E-state index < -0.39 is 0 Å². The number of hydrogen-bond acceptors (Lipinski definition) is 2. The lowest BCUT2D eigenvalue weighted by molar-refractivity contribution is 0.795. The van der Waals surface area contributed by atoms with Crippen molar-refractivity contribution in [2.75, 3.05) is 5.73 Å². The number of imidazole rings is 1. The second kappa shape index (κ2) is 4.02. The van der Waals surface area contributed by atoms with E-state index in [1.807, 2.05) is 42.5 Å². The largest absolute Gasteiger partial charge is 0.399 e. The lowest BCUT2D eigenvalue weighted by Gasteiger charge is -2.04. The van der Waals surface area contributed by atoms with Crippen molar-refractivity contribution in [3.8, 4) is 11.1 Å². The molecule has 4 heteroatoms. The van der Waals surface area contributed by atoms with E-state index in [0.717, 1.165) is 27.8 Å². The number of nitrogens with two attached hydrogens (primary N) is 1. The summed E-state index contributed by atoms with van der Waals surface area (Å²) in [7, 11) is 3.57. The van der Waals surface area contributed by atoms with Crippen LogP contribution < -0.4 is 11.4 Å². The molecule has 2 N–H and O–H groups in total. The van der Waals surface area contributed by atoms with Crippen molar-refractivity contribution in [2.45, 2.75) is 0 Å². The first-order valence-electron chi connectivity index (χ1n) is 6.09. The molecule has 3 aromatic rings. The Balaban J connectivity index is 2.28. The number of hydrogen-bond donors (Lipinski definition) is 1. The van der Waals surface area contributed by atoms with Gasteiger partial charge in [-0.15, -0.1) is 0 Å². The minimum absolute atomic E-state index is 0.0141. The predicted octanol–water partition coefficient (Wildman–Crippen LogP) is 2.13. The summed E-state index contributed by atoms with van der Waals surface area (Å²) in [6.07, 6.45) is 0. The zero-order chi connectivity index (χ0) is 13.6. The number of nitrogen functional groups attached to an aromatic ring is 1. The maximum Gasteiger partial charge on any atom is 0.328 e. The Morgan fingerprint density at radius 1 is 0.895 bits per heavy atom. The average Bonchev–Trinajstić information content (AvgIpc) is 2.64. The molecule has 0 fully saturated rings. The van der Waals surface area contributed by atoms with Gasteiger partial charge in [-0.2, -0.15) is 0 Å². The summed E-state index contributed by atoms with van der Waals surface area (Å²) >= 11 is 0. The maximum atomic E-state index is 11.9. The van der Waals surface area contributed by atoms with Gasteiger partial charge < -0.3 is 5.73 Å². The fraction of sp³-hybridized carbons (Fsp3) is 0.133. The van der Waals surface area contributed by atoms with Crippen LogP contribution in [0.15, 0.2) is 47.3 Å². The van der Waals surface area contributed by atoms with Crippen LogP contribution in [0, 0.1) is 0 Å². The fourth-order valence-electron chi connectivity index (χ4n) is 2.40. The molecule has 0 atom stereocenters. The third-order valence-electron chi connectivity index (χ3n) is 3.49. The molecule has 0 saturated carbocycles. The summed E-state index contributed by atoms with van der Waals surface area (Å²) in [4.78, 5) is 11.9. The monoisotopic (exact) mass is 253 g/mol. The van der Waals surface area contributed by atoms with Crippen molar-refractivity contribution in [1.29, 1.82) is 0 Å². The number of aryl methyl sites for hydroxylation is 2. The quantitative estimate of drug-likeness (QED) is 0.675. The molecule has 1 heterocycles. The summed E-state index contributed by atoms with van der Waals surface area (Å²) in [5.41, 5.74) is 10.5. The number of anilines is 1. The van der Waals surface area contributed by atoms with Gasteiger partial charge in [0.25, 0.3) is 0 Å². The Morgan fingerprint density at radius 2 is 1.58 bits per heavy atom. The molecule has 0 aliphatic heterocycles. The van der Waals surface area contributed by atoms with Crippen LogP contribution >= 0.6 is 0 Å². The molecular formula is C15H15N3O. The summed E-state index contributed by atoms with van der Waals surface area (Å²) in [5, 5.41) is 0. The Bertz CT molecular complexity index is 827. The second-order valence-corrected chi connectivity index (χ2v) is 4.73. The normalized spacial score (nSPS) is 11.1. The predicted molar refractivity (Wildman–Crippen MR) is 78.0 cm³/mol. The highest BCUT2D eigenvalue weighted by atomic mass is 16.1. The minimum Gasteiger partial charge on any atom is -0.399 e. The molecule has 96 valence electrons. The smallest absolute Gasteiger partial charge is 0.328 e. The zero-order valence-corrected chi connectivity index (χ0v) is 10.9. The molecule has 0 amide bonds. The standard InChI is InChI=1S/C15H15N3O/c1-17-13-7-6-11(9-14(13)18(2)15(17)19)10-4-3-5-12(16)8-10/h3-9H,16H2,1-2H3. The van der Waals surface area contributed by atoms with E-state index in [2.05, 4.69) is 0 Å². The molecule has 1 aromatic heterocycles. The first kappa shape index (κ1) is 11.6. The molecule has 0 spiro atoms. The highest BCUT2D eigenvalue weighted by Crippen LogP contribution is 2.24. The highest BCUT2D eigenvalue weighted by molar-refractivity contribution is 5.83. The first-order chi connectivity index (χ1) is 9.08. The van der Waals surface area contributed by atoms with Crippen LogP contribution in [0.2, 0.25) is 0 Å². The minimum atomic E-state index is -0.0141. The topological polar surface area (TPSA) is 53.0 Å². The number of nitrogens with zero attached hydrogens (tertiary/aromatic N) is 2. The average molecular weight is 253 g/mol. The van der Waals surface area contributed by atoms with Crippen LogP contribution in [0.25, 0.3) is 22.2 Å². The first-order valence-corrected chi connectivity index (χ1v) is 6.09. The Morgan fingerprint density at radius 3 is 2.32 bits per heavy atom. The van der Waals surface area contributed by atoms with Gasteiger partial charge in [0.05, 0.1) is 11.0 Å². The van der Waals surface area contributed by atoms with E-state index >= 15 is 0 Å². The molecule has 0 radical (unpaired) electrons. The number of aromatic nitrogens is 2. The Hall–Kier alpha value is -2.49. The van der Waals surface area contributed by atoms with Crippen molar-refractivity contribution in [1.82, 2.24) is 9.13 Å². The van der Waals surface area contributed by atoms with Crippen molar-refractivity contribution in [3.63, 3.8) is 0 Å². The van der Waals surface area contributed by atoms with Gasteiger partial charge in [-0.05, 0) is 35.4 Å². The number of benzene rings is 2. The zero-order valence-electron chi connectivity index (χ0n) is 10.9. The van der Waals surface area contributed by atoms with Gasteiger partial charge in [-0.1, -0.05) is 18.2 Å². The SMILES string of the molecule is Cn1c(=O)n(C)c2cc(-c3cccc(N)c3)ccc21. The van der Waals surface area contributed by atoms with Crippen LogP contribution in [0.4, 0.5) is 5.69 Å². The second-order valence-electron chi connectivity index (χ2n) is 4.73. The van der Waals surface area contributed by atoms with Crippen LogP contribution in [0.3, 0.4) is 0 Å².